The number of rotatable bonds is 3. The molecule has 2 aromatic carbocycles. The van der Waals surface area contributed by atoms with Crippen LogP contribution >= 0.6 is 23.2 Å². The van der Waals surface area contributed by atoms with Crippen LogP contribution < -0.4 is 10.5 Å². The van der Waals surface area contributed by atoms with Gasteiger partial charge in [0.05, 0.1) is 15.6 Å². The van der Waals surface area contributed by atoms with Crippen LogP contribution in [0.5, 0.6) is 0 Å². The minimum Gasteiger partial charge on any atom is -0.398 e. The molecule has 0 radical (unpaired) electrons. The van der Waals surface area contributed by atoms with Crippen molar-refractivity contribution in [2.45, 2.75) is 11.8 Å². The summed E-state index contributed by atoms with van der Waals surface area (Å²) in [7, 11) is -3.75. The standard InChI is InChI=1S/C13H12Cl2N2O2S/c1-8-2-4-10(7-12(8)16)20(18,19)17-13-5-3-9(14)6-11(13)15/h2-7,17H,16H2,1H3. The van der Waals surface area contributed by atoms with Crippen LogP contribution in [0.4, 0.5) is 11.4 Å². The molecule has 3 N–H and O–H groups in total. The van der Waals surface area contributed by atoms with Gasteiger partial charge in [-0.3, -0.25) is 4.72 Å². The zero-order valence-corrected chi connectivity index (χ0v) is 12.9. The van der Waals surface area contributed by atoms with Crippen LogP contribution in [0.3, 0.4) is 0 Å². The molecule has 0 bridgehead atoms. The third-order valence-electron chi connectivity index (χ3n) is 2.74. The summed E-state index contributed by atoms with van der Waals surface area (Å²) >= 11 is 11.7. The third-order valence-corrected chi connectivity index (χ3v) is 4.65. The van der Waals surface area contributed by atoms with Crippen molar-refractivity contribution in [3.63, 3.8) is 0 Å². The quantitative estimate of drug-likeness (QED) is 0.843. The van der Waals surface area contributed by atoms with Gasteiger partial charge in [-0.15, -0.1) is 0 Å². The molecule has 7 heteroatoms. The first-order valence-electron chi connectivity index (χ1n) is 5.63. The highest BCUT2D eigenvalue weighted by Crippen LogP contribution is 2.28. The van der Waals surface area contributed by atoms with E-state index in [4.69, 9.17) is 28.9 Å². The number of hydrogen-bond acceptors (Lipinski definition) is 3. The highest BCUT2D eigenvalue weighted by Gasteiger charge is 2.16. The smallest absolute Gasteiger partial charge is 0.262 e. The molecule has 2 aromatic rings. The molecular weight excluding hydrogens is 319 g/mol. The van der Waals surface area contributed by atoms with Crippen LogP contribution in [0, 0.1) is 6.92 Å². The molecular formula is C13H12Cl2N2O2S. The second-order valence-electron chi connectivity index (χ2n) is 4.25. The van der Waals surface area contributed by atoms with E-state index in [1.54, 1.807) is 19.1 Å². The van der Waals surface area contributed by atoms with E-state index in [-0.39, 0.29) is 15.6 Å². The molecule has 0 saturated heterocycles. The number of aryl methyl sites for hydroxylation is 1. The molecule has 0 aliphatic rings. The molecule has 0 spiro atoms. The van der Waals surface area contributed by atoms with Crippen molar-refractivity contribution in [2.24, 2.45) is 0 Å². The zero-order valence-electron chi connectivity index (χ0n) is 10.5. The minimum absolute atomic E-state index is 0.0756. The molecule has 0 fully saturated rings. The monoisotopic (exact) mass is 330 g/mol. The normalized spacial score (nSPS) is 11.3. The second-order valence-corrected chi connectivity index (χ2v) is 6.77. The fourth-order valence-corrected chi connectivity index (χ4v) is 3.19. The minimum atomic E-state index is -3.75. The lowest BCUT2D eigenvalue weighted by Crippen LogP contribution is -2.13. The van der Waals surface area contributed by atoms with Crippen LogP contribution in [0.2, 0.25) is 10.0 Å². The topological polar surface area (TPSA) is 72.2 Å². The average molecular weight is 331 g/mol. The Balaban J connectivity index is 2.38. The van der Waals surface area contributed by atoms with Crippen molar-refractivity contribution in [3.8, 4) is 0 Å². The Bertz CT molecular complexity index is 761. The van der Waals surface area contributed by atoms with E-state index in [1.807, 2.05) is 0 Å². The van der Waals surface area contributed by atoms with Gasteiger partial charge in [-0.2, -0.15) is 0 Å². The van der Waals surface area contributed by atoms with Gasteiger partial charge in [0.1, 0.15) is 0 Å². The molecule has 2 rings (SSSR count). The summed E-state index contributed by atoms with van der Waals surface area (Å²) in [6, 6.07) is 9.05. The Hall–Kier alpha value is -1.43. The molecule has 0 aliphatic carbocycles. The van der Waals surface area contributed by atoms with Crippen molar-refractivity contribution in [1.29, 1.82) is 0 Å². The first-order chi connectivity index (χ1) is 9.29. The van der Waals surface area contributed by atoms with Crippen LogP contribution in [0.1, 0.15) is 5.56 Å². The predicted molar refractivity (Wildman–Crippen MR) is 82.9 cm³/mol. The van der Waals surface area contributed by atoms with Gasteiger partial charge in [0, 0.05) is 10.7 Å². The fourth-order valence-electron chi connectivity index (χ4n) is 1.56. The zero-order chi connectivity index (χ0) is 14.9. The first-order valence-corrected chi connectivity index (χ1v) is 7.87. The SMILES string of the molecule is Cc1ccc(S(=O)(=O)Nc2ccc(Cl)cc2Cl)cc1N. The van der Waals surface area contributed by atoms with Crippen LogP contribution in [-0.2, 0) is 10.0 Å². The Morgan fingerprint density at radius 1 is 1.10 bits per heavy atom. The summed E-state index contributed by atoms with van der Waals surface area (Å²) in [4.78, 5) is 0.0756. The average Bonchev–Trinajstić information content (AvgIpc) is 2.36. The molecule has 0 saturated carbocycles. The van der Waals surface area contributed by atoms with Gasteiger partial charge in [0.15, 0.2) is 0 Å². The lowest BCUT2D eigenvalue weighted by Gasteiger charge is -2.11. The summed E-state index contributed by atoms with van der Waals surface area (Å²) in [5, 5.41) is 0.652. The maximum atomic E-state index is 12.2. The Kier molecular flexibility index (Phi) is 4.13. The number of nitrogens with two attached hydrogens (primary N) is 1. The van der Waals surface area contributed by atoms with Crippen LogP contribution in [-0.4, -0.2) is 8.42 Å². The van der Waals surface area contributed by atoms with Crippen molar-refractivity contribution >= 4 is 44.6 Å². The molecule has 4 nitrogen and oxygen atoms in total. The molecule has 106 valence electrons. The number of hydrogen-bond donors (Lipinski definition) is 2. The van der Waals surface area contributed by atoms with Gasteiger partial charge in [0.25, 0.3) is 10.0 Å². The number of nitrogens with one attached hydrogen (secondary N) is 1. The summed E-state index contributed by atoms with van der Waals surface area (Å²) in [6.45, 7) is 1.80. The van der Waals surface area contributed by atoms with Crippen molar-refractivity contribution in [3.05, 3.63) is 52.0 Å². The summed E-state index contributed by atoms with van der Waals surface area (Å²) in [5.74, 6) is 0. The first kappa shape index (κ1) is 15.0. The molecule has 0 atom stereocenters. The maximum absolute atomic E-state index is 12.2. The second kappa shape index (κ2) is 5.52. The summed E-state index contributed by atoms with van der Waals surface area (Å²) in [6.07, 6.45) is 0. The third kappa shape index (κ3) is 3.17. The van der Waals surface area contributed by atoms with Crippen LogP contribution in [0.15, 0.2) is 41.3 Å². The highest BCUT2D eigenvalue weighted by atomic mass is 35.5. The number of nitrogen functional groups attached to an aromatic ring is 1. The number of anilines is 2. The van der Waals surface area contributed by atoms with E-state index in [1.165, 1.54) is 24.3 Å². The molecule has 0 amide bonds. The summed E-state index contributed by atoms with van der Waals surface area (Å²) in [5.41, 5.74) is 7.21. The molecule has 0 aliphatic heterocycles. The fraction of sp³-hybridized carbons (Fsp3) is 0.0769. The van der Waals surface area contributed by atoms with Crippen molar-refractivity contribution < 1.29 is 8.42 Å². The number of benzene rings is 2. The van der Waals surface area contributed by atoms with E-state index in [0.717, 1.165) is 5.56 Å². The van der Waals surface area contributed by atoms with Crippen molar-refractivity contribution in [2.75, 3.05) is 10.5 Å². The molecule has 0 aromatic heterocycles. The predicted octanol–water partition coefficient (Wildman–Crippen LogP) is 3.68. The highest BCUT2D eigenvalue weighted by molar-refractivity contribution is 7.92. The maximum Gasteiger partial charge on any atom is 0.262 e. The lowest BCUT2D eigenvalue weighted by molar-refractivity contribution is 0.601. The molecule has 20 heavy (non-hydrogen) atoms. The van der Waals surface area contributed by atoms with Gasteiger partial charge >= 0.3 is 0 Å². The molecule has 0 heterocycles. The van der Waals surface area contributed by atoms with E-state index in [9.17, 15) is 8.42 Å². The Morgan fingerprint density at radius 3 is 2.40 bits per heavy atom. The van der Waals surface area contributed by atoms with Gasteiger partial charge in [-0.1, -0.05) is 29.3 Å². The van der Waals surface area contributed by atoms with E-state index in [0.29, 0.717) is 10.7 Å². The van der Waals surface area contributed by atoms with Crippen LogP contribution in [0.25, 0.3) is 0 Å². The van der Waals surface area contributed by atoms with E-state index < -0.39 is 10.0 Å². The Morgan fingerprint density at radius 2 is 1.80 bits per heavy atom. The van der Waals surface area contributed by atoms with Gasteiger partial charge in [0.2, 0.25) is 0 Å². The number of sulfonamides is 1. The lowest BCUT2D eigenvalue weighted by atomic mass is 10.2. The largest absolute Gasteiger partial charge is 0.398 e. The van der Waals surface area contributed by atoms with Gasteiger partial charge in [-0.05, 0) is 42.8 Å². The van der Waals surface area contributed by atoms with E-state index >= 15 is 0 Å². The number of halogens is 2. The van der Waals surface area contributed by atoms with E-state index in [2.05, 4.69) is 4.72 Å². The van der Waals surface area contributed by atoms with Gasteiger partial charge < -0.3 is 5.73 Å². The summed E-state index contributed by atoms with van der Waals surface area (Å²) < 4.78 is 26.9. The molecule has 0 unspecified atom stereocenters. The van der Waals surface area contributed by atoms with Crippen molar-refractivity contribution in [1.82, 2.24) is 0 Å². The Labute approximate surface area is 127 Å². The van der Waals surface area contributed by atoms with Gasteiger partial charge in [-0.25, -0.2) is 8.42 Å².